The Labute approximate surface area is 183 Å². The van der Waals surface area contributed by atoms with E-state index in [2.05, 4.69) is 28.6 Å². The summed E-state index contributed by atoms with van der Waals surface area (Å²) in [7, 11) is 0. The largest absolute Gasteiger partial charge is 0.452 e. The molecule has 0 spiro atoms. The molecule has 158 valence electrons. The summed E-state index contributed by atoms with van der Waals surface area (Å²) >= 11 is 0. The Morgan fingerprint density at radius 2 is 2.00 bits per heavy atom. The second-order valence-electron chi connectivity index (χ2n) is 8.86. The number of rotatable bonds is 5. The summed E-state index contributed by atoms with van der Waals surface area (Å²) in [5, 5.41) is 1.05. The fourth-order valence-electron chi connectivity index (χ4n) is 5.28. The molecule has 4 heteroatoms. The van der Waals surface area contributed by atoms with E-state index in [1.54, 1.807) is 0 Å². The first-order chi connectivity index (χ1) is 15.1. The summed E-state index contributed by atoms with van der Waals surface area (Å²) in [6.45, 7) is 8.09. The minimum Gasteiger partial charge on any atom is -0.452 e. The average molecular weight is 413 g/mol. The highest BCUT2D eigenvalue weighted by atomic mass is 16.5. The van der Waals surface area contributed by atoms with Gasteiger partial charge in [0, 0.05) is 23.7 Å². The number of ether oxygens (including phenoxy) is 1. The summed E-state index contributed by atoms with van der Waals surface area (Å²) in [5.74, 6) is 0.850. The summed E-state index contributed by atoms with van der Waals surface area (Å²) in [5.41, 5.74) is 3.68. The number of fused-ring (bicyclic) bond motifs is 4. The normalized spacial score (nSPS) is 25.8. The summed E-state index contributed by atoms with van der Waals surface area (Å²) < 4.78 is 6.30. The number of carbonyl (C=O) groups is 1. The van der Waals surface area contributed by atoms with Crippen LogP contribution in [0.5, 0.6) is 0 Å². The van der Waals surface area contributed by atoms with Crippen molar-refractivity contribution in [1.82, 2.24) is 9.88 Å². The van der Waals surface area contributed by atoms with Crippen LogP contribution in [-0.4, -0.2) is 35.0 Å². The first-order valence-electron chi connectivity index (χ1n) is 11.1. The summed E-state index contributed by atoms with van der Waals surface area (Å²) in [6, 6.07) is 17.9. The smallest absolute Gasteiger partial charge is 0.338 e. The SMILES string of the molecule is C=C[C@H]1CN2CC[C@@H]1C[C@@H]2[C@@H](OC(=O)c1ccc(C)cc1)c1ccnc2ccccc12. The minimum absolute atomic E-state index is 0.162. The van der Waals surface area contributed by atoms with Crippen molar-refractivity contribution in [2.45, 2.75) is 31.9 Å². The van der Waals surface area contributed by atoms with E-state index < -0.39 is 0 Å². The van der Waals surface area contributed by atoms with Gasteiger partial charge in [0.05, 0.1) is 17.1 Å². The minimum atomic E-state index is -0.338. The molecule has 2 bridgehead atoms. The zero-order chi connectivity index (χ0) is 21.4. The highest BCUT2D eigenvalue weighted by molar-refractivity contribution is 5.90. The molecule has 0 radical (unpaired) electrons. The molecule has 0 N–H and O–H groups in total. The number of aryl methyl sites for hydroxylation is 1. The predicted molar refractivity (Wildman–Crippen MR) is 123 cm³/mol. The van der Waals surface area contributed by atoms with Crippen LogP contribution in [-0.2, 0) is 4.74 Å². The van der Waals surface area contributed by atoms with Crippen molar-refractivity contribution in [2.24, 2.45) is 11.8 Å². The number of pyridine rings is 1. The second-order valence-corrected chi connectivity index (χ2v) is 8.86. The van der Waals surface area contributed by atoms with Crippen LogP contribution in [0.1, 0.15) is 40.4 Å². The van der Waals surface area contributed by atoms with Gasteiger partial charge in [-0.3, -0.25) is 9.88 Å². The molecule has 3 aliphatic rings. The van der Waals surface area contributed by atoms with E-state index >= 15 is 0 Å². The van der Waals surface area contributed by atoms with Crippen molar-refractivity contribution in [3.8, 4) is 0 Å². The van der Waals surface area contributed by atoms with Gasteiger partial charge in [0.1, 0.15) is 6.10 Å². The van der Waals surface area contributed by atoms with E-state index in [1.807, 2.05) is 61.7 Å². The van der Waals surface area contributed by atoms with Gasteiger partial charge in [-0.25, -0.2) is 4.79 Å². The molecule has 0 saturated carbocycles. The van der Waals surface area contributed by atoms with Crippen LogP contribution in [0.15, 0.2) is 73.4 Å². The number of piperidine rings is 3. The van der Waals surface area contributed by atoms with E-state index in [0.29, 0.717) is 17.4 Å². The van der Waals surface area contributed by atoms with Crippen LogP contribution in [0.3, 0.4) is 0 Å². The lowest BCUT2D eigenvalue weighted by Gasteiger charge is -2.51. The molecule has 1 aromatic heterocycles. The number of esters is 1. The summed E-state index contributed by atoms with van der Waals surface area (Å²) in [4.78, 5) is 20.2. The number of para-hydroxylation sites is 1. The van der Waals surface area contributed by atoms with Gasteiger partial charge in [-0.1, -0.05) is 42.0 Å². The fourth-order valence-corrected chi connectivity index (χ4v) is 5.28. The maximum Gasteiger partial charge on any atom is 0.338 e. The molecule has 5 atom stereocenters. The van der Waals surface area contributed by atoms with E-state index in [4.69, 9.17) is 4.74 Å². The van der Waals surface area contributed by atoms with Crippen LogP contribution in [0, 0.1) is 18.8 Å². The van der Waals surface area contributed by atoms with Gasteiger partial charge in [0.15, 0.2) is 0 Å². The molecule has 2 aromatic carbocycles. The highest BCUT2D eigenvalue weighted by Crippen LogP contribution is 2.43. The molecule has 3 aromatic rings. The van der Waals surface area contributed by atoms with Gasteiger partial charge in [0.25, 0.3) is 0 Å². The third-order valence-corrected chi connectivity index (χ3v) is 7.01. The maximum absolute atomic E-state index is 13.2. The Morgan fingerprint density at radius 3 is 2.74 bits per heavy atom. The lowest BCUT2D eigenvalue weighted by Crippen LogP contribution is -2.55. The van der Waals surface area contributed by atoms with Crippen LogP contribution in [0.2, 0.25) is 0 Å². The van der Waals surface area contributed by atoms with Gasteiger partial charge in [-0.2, -0.15) is 0 Å². The van der Waals surface area contributed by atoms with Crippen molar-refractivity contribution in [2.75, 3.05) is 13.1 Å². The number of nitrogens with zero attached hydrogens (tertiary/aromatic N) is 2. The van der Waals surface area contributed by atoms with E-state index in [0.717, 1.165) is 41.5 Å². The van der Waals surface area contributed by atoms with Gasteiger partial charge < -0.3 is 4.74 Å². The van der Waals surface area contributed by atoms with E-state index in [1.165, 1.54) is 6.42 Å². The third-order valence-electron chi connectivity index (χ3n) is 7.01. The molecule has 3 saturated heterocycles. The van der Waals surface area contributed by atoms with E-state index in [-0.39, 0.29) is 18.1 Å². The summed E-state index contributed by atoms with van der Waals surface area (Å²) in [6.07, 6.45) is 5.78. The topological polar surface area (TPSA) is 42.4 Å². The quantitative estimate of drug-likeness (QED) is 0.419. The van der Waals surface area contributed by atoms with Gasteiger partial charge in [-0.15, -0.1) is 6.58 Å². The Balaban J connectivity index is 1.53. The number of aromatic nitrogens is 1. The first kappa shape index (κ1) is 20.0. The van der Waals surface area contributed by atoms with Crippen LogP contribution >= 0.6 is 0 Å². The van der Waals surface area contributed by atoms with Crippen molar-refractivity contribution < 1.29 is 9.53 Å². The third kappa shape index (κ3) is 3.77. The standard InChI is InChI=1S/C27H28N2O2/c1-3-19-17-29-15-13-21(19)16-25(29)26(31-27(30)20-10-8-18(2)9-11-20)23-12-14-28-24-7-5-4-6-22(23)24/h3-12,14,19,21,25-26H,1,13,15-17H2,2H3/t19-,21+,25+,26-/m0/s1. The lowest BCUT2D eigenvalue weighted by molar-refractivity contribution is -0.0568. The molecule has 1 unspecified atom stereocenters. The molecular weight excluding hydrogens is 384 g/mol. The lowest BCUT2D eigenvalue weighted by atomic mass is 9.73. The Bertz CT molecular complexity index is 1100. The molecule has 4 heterocycles. The number of carbonyl (C=O) groups excluding carboxylic acids is 1. The van der Waals surface area contributed by atoms with E-state index in [9.17, 15) is 4.79 Å². The van der Waals surface area contributed by atoms with Crippen molar-refractivity contribution in [3.63, 3.8) is 0 Å². The second kappa shape index (κ2) is 8.27. The number of hydrogen-bond donors (Lipinski definition) is 0. The number of benzene rings is 2. The predicted octanol–water partition coefficient (Wildman–Crippen LogP) is 5.34. The van der Waals surface area contributed by atoms with Gasteiger partial charge >= 0.3 is 5.97 Å². The van der Waals surface area contributed by atoms with Crippen LogP contribution < -0.4 is 0 Å². The highest BCUT2D eigenvalue weighted by Gasteiger charge is 2.44. The van der Waals surface area contributed by atoms with Crippen molar-refractivity contribution >= 4 is 16.9 Å². The van der Waals surface area contributed by atoms with Crippen LogP contribution in [0.4, 0.5) is 0 Å². The molecule has 3 aliphatic heterocycles. The maximum atomic E-state index is 13.2. The molecule has 3 fully saturated rings. The Morgan fingerprint density at radius 1 is 1.19 bits per heavy atom. The molecule has 6 rings (SSSR count). The monoisotopic (exact) mass is 412 g/mol. The van der Waals surface area contributed by atoms with Crippen molar-refractivity contribution in [3.05, 3.63) is 90.1 Å². The molecule has 4 nitrogen and oxygen atoms in total. The molecule has 0 aliphatic carbocycles. The Kier molecular flexibility index (Phi) is 5.33. The van der Waals surface area contributed by atoms with Gasteiger partial charge in [0.2, 0.25) is 0 Å². The fraction of sp³-hybridized carbons (Fsp3) is 0.333. The Hall–Kier alpha value is -2.98. The zero-order valence-corrected chi connectivity index (χ0v) is 17.9. The average Bonchev–Trinajstić information content (AvgIpc) is 2.82. The van der Waals surface area contributed by atoms with Crippen molar-refractivity contribution in [1.29, 1.82) is 0 Å². The molecular formula is C27H28N2O2. The van der Waals surface area contributed by atoms with Crippen LogP contribution in [0.25, 0.3) is 10.9 Å². The van der Waals surface area contributed by atoms with Gasteiger partial charge in [-0.05, 0) is 62.4 Å². The molecule has 0 amide bonds. The number of hydrogen-bond acceptors (Lipinski definition) is 4. The first-order valence-corrected chi connectivity index (χ1v) is 11.1. The molecule has 31 heavy (non-hydrogen) atoms. The zero-order valence-electron chi connectivity index (χ0n) is 17.9.